The molecule has 1 saturated heterocycles. The Bertz CT molecular complexity index is 228. The first kappa shape index (κ1) is 12.5. The molecule has 1 unspecified atom stereocenters. The van der Waals surface area contributed by atoms with E-state index in [4.69, 9.17) is 5.84 Å². The summed E-state index contributed by atoms with van der Waals surface area (Å²) in [5.74, 6) is 4.98. The SMILES string of the molecule is CC(CCC(=O)NN)N1CCCC1(C)C. The van der Waals surface area contributed by atoms with Crippen LogP contribution in [0.2, 0.25) is 0 Å². The molecule has 4 nitrogen and oxygen atoms in total. The Balaban J connectivity index is 2.40. The molecule has 0 aliphatic carbocycles. The number of rotatable bonds is 4. The molecule has 1 heterocycles. The van der Waals surface area contributed by atoms with Gasteiger partial charge in [0.2, 0.25) is 5.91 Å². The second-order valence-electron chi connectivity index (χ2n) is 5.06. The number of amides is 1. The topological polar surface area (TPSA) is 58.4 Å². The van der Waals surface area contributed by atoms with Gasteiger partial charge in [0.25, 0.3) is 0 Å². The number of nitrogens with two attached hydrogens (primary N) is 1. The van der Waals surface area contributed by atoms with Crippen molar-refractivity contribution >= 4 is 5.91 Å². The van der Waals surface area contributed by atoms with Gasteiger partial charge in [-0.2, -0.15) is 0 Å². The van der Waals surface area contributed by atoms with Crippen LogP contribution in [0.15, 0.2) is 0 Å². The summed E-state index contributed by atoms with van der Waals surface area (Å²) in [6.45, 7) is 7.90. The van der Waals surface area contributed by atoms with E-state index in [-0.39, 0.29) is 5.91 Å². The van der Waals surface area contributed by atoms with Crippen LogP contribution in [0, 0.1) is 0 Å². The molecule has 0 aromatic carbocycles. The van der Waals surface area contributed by atoms with Crippen LogP contribution >= 0.6 is 0 Å². The van der Waals surface area contributed by atoms with Gasteiger partial charge in [-0.15, -0.1) is 0 Å². The summed E-state index contributed by atoms with van der Waals surface area (Å²) in [5.41, 5.74) is 2.46. The van der Waals surface area contributed by atoms with E-state index in [0.29, 0.717) is 18.0 Å². The van der Waals surface area contributed by atoms with Gasteiger partial charge in [-0.3, -0.25) is 15.1 Å². The van der Waals surface area contributed by atoms with Crippen LogP contribution in [-0.2, 0) is 4.79 Å². The minimum Gasteiger partial charge on any atom is -0.296 e. The Morgan fingerprint density at radius 1 is 1.60 bits per heavy atom. The lowest BCUT2D eigenvalue weighted by Gasteiger charge is -2.36. The van der Waals surface area contributed by atoms with Crippen LogP contribution in [0.1, 0.15) is 46.5 Å². The smallest absolute Gasteiger partial charge is 0.233 e. The molecule has 1 rings (SSSR count). The van der Waals surface area contributed by atoms with Gasteiger partial charge in [0.1, 0.15) is 0 Å². The van der Waals surface area contributed by atoms with Crippen molar-refractivity contribution in [2.24, 2.45) is 5.84 Å². The third-order valence-electron chi connectivity index (χ3n) is 3.45. The zero-order chi connectivity index (χ0) is 11.5. The van der Waals surface area contributed by atoms with Crippen molar-refractivity contribution in [2.75, 3.05) is 6.54 Å². The largest absolute Gasteiger partial charge is 0.296 e. The summed E-state index contributed by atoms with van der Waals surface area (Å²) in [4.78, 5) is 13.5. The zero-order valence-corrected chi connectivity index (χ0v) is 10.0. The predicted octanol–water partition coefficient (Wildman–Crippen LogP) is 1.02. The maximum atomic E-state index is 11.0. The monoisotopic (exact) mass is 213 g/mol. The highest BCUT2D eigenvalue weighted by Gasteiger charge is 2.34. The lowest BCUT2D eigenvalue weighted by Crippen LogP contribution is -2.44. The van der Waals surface area contributed by atoms with Crippen molar-refractivity contribution in [3.8, 4) is 0 Å². The summed E-state index contributed by atoms with van der Waals surface area (Å²) in [6, 6.07) is 0.458. The highest BCUT2D eigenvalue weighted by atomic mass is 16.2. The minimum absolute atomic E-state index is 0.0705. The molecule has 0 aromatic rings. The summed E-state index contributed by atoms with van der Waals surface area (Å²) in [7, 11) is 0. The predicted molar refractivity (Wildman–Crippen MR) is 61.0 cm³/mol. The number of likely N-dealkylation sites (tertiary alicyclic amines) is 1. The van der Waals surface area contributed by atoms with Crippen LogP contribution in [0.5, 0.6) is 0 Å². The highest BCUT2D eigenvalue weighted by Crippen LogP contribution is 2.31. The summed E-state index contributed by atoms with van der Waals surface area (Å²) < 4.78 is 0. The van der Waals surface area contributed by atoms with Gasteiger partial charge in [0.05, 0.1) is 0 Å². The lowest BCUT2D eigenvalue weighted by atomic mass is 9.99. The molecule has 0 spiro atoms. The molecule has 3 N–H and O–H groups in total. The third-order valence-corrected chi connectivity index (χ3v) is 3.45. The fourth-order valence-corrected chi connectivity index (χ4v) is 2.51. The first-order chi connectivity index (χ1) is 6.97. The normalized spacial score (nSPS) is 22.7. The molecule has 15 heavy (non-hydrogen) atoms. The Morgan fingerprint density at radius 2 is 2.27 bits per heavy atom. The molecule has 4 heteroatoms. The number of carbonyl (C=O) groups excluding carboxylic acids is 1. The number of nitrogens with zero attached hydrogens (tertiary/aromatic N) is 1. The van der Waals surface area contributed by atoms with E-state index in [0.717, 1.165) is 13.0 Å². The van der Waals surface area contributed by atoms with Gasteiger partial charge in [0, 0.05) is 18.0 Å². The van der Waals surface area contributed by atoms with Gasteiger partial charge < -0.3 is 0 Å². The van der Waals surface area contributed by atoms with E-state index >= 15 is 0 Å². The molecular weight excluding hydrogens is 190 g/mol. The van der Waals surface area contributed by atoms with Gasteiger partial charge in [0.15, 0.2) is 0 Å². The van der Waals surface area contributed by atoms with Crippen LogP contribution in [-0.4, -0.2) is 28.9 Å². The fourth-order valence-electron chi connectivity index (χ4n) is 2.51. The summed E-state index contributed by atoms with van der Waals surface area (Å²) in [5, 5.41) is 0. The minimum atomic E-state index is -0.0705. The van der Waals surface area contributed by atoms with E-state index in [1.165, 1.54) is 12.8 Å². The Morgan fingerprint density at radius 3 is 2.73 bits per heavy atom. The van der Waals surface area contributed by atoms with Gasteiger partial charge in [-0.1, -0.05) is 0 Å². The number of hydrogen-bond acceptors (Lipinski definition) is 3. The van der Waals surface area contributed by atoms with Crippen LogP contribution in [0.25, 0.3) is 0 Å². The van der Waals surface area contributed by atoms with Crippen molar-refractivity contribution in [1.29, 1.82) is 0 Å². The summed E-state index contributed by atoms with van der Waals surface area (Å²) in [6.07, 6.45) is 3.91. The van der Waals surface area contributed by atoms with Gasteiger partial charge in [-0.05, 0) is 46.6 Å². The zero-order valence-electron chi connectivity index (χ0n) is 10.0. The molecule has 1 aliphatic rings. The average molecular weight is 213 g/mol. The van der Waals surface area contributed by atoms with Crippen LogP contribution < -0.4 is 11.3 Å². The van der Waals surface area contributed by atoms with E-state index in [1.807, 2.05) is 0 Å². The van der Waals surface area contributed by atoms with Crippen molar-refractivity contribution in [3.63, 3.8) is 0 Å². The first-order valence-electron chi connectivity index (χ1n) is 5.73. The fraction of sp³-hybridized carbons (Fsp3) is 0.909. The molecule has 88 valence electrons. The Hall–Kier alpha value is -0.610. The lowest BCUT2D eigenvalue weighted by molar-refractivity contribution is -0.121. The van der Waals surface area contributed by atoms with Crippen LogP contribution in [0.3, 0.4) is 0 Å². The van der Waals surface area contributed by atoms with E-state index < -0.39 is 0 Å². The third kappa shape index (κ3) is 3.18. The Kier molecular flexibility index (Phi) is 4.11. The van der Waals surface area contributed by atoms with Crippen molar-refractivity contribution in [3.05, 3.63) is 0 Å². The summed E-state index contributed by atoms with van der Waals surface area (Å²) >= 11 is 0. The molecule has 1 aliphatic heterocycles. The average Bonchev–Trinajstić information content (AvgIpc) is 2.53. The van der Waals surface area contributed by atoms with Gasteiger partial charge in [-0.25, -0.2) is 5.84 Å². The second-order valence-corrected chi connectivity index (χ2v) is 5.06. The first-order valence-corrected chi connectivity index (χ1v) is 5.73. The van der Waals surface area contributed by atoms with E-state index in [9.17, 15) is 4.79 Å². The molecule has 0 saturated carbocycles. The highest BCUT2D eigenvalue weighted by molar-refractivity contribution is 5.75. The van der Waals surface area contributed by atoms with Crippen molar-refractivity contribution in [1.82, 2.24) is 10.3 Å². The van der Waals surface area contributed by atoms with Crippen molar-refractivity contribution < 1.29 is 4.79 Å². The van der Waals surface area contributed by atoms with Gasteiger partial charge >= 0.3 is 0 Å². The Labute approximate surface area is 92.2 Å². The number of hydrazine groups is 1. The maximum absolute atomic E-state index is 11.0. The molecule has 1 amide bonds. The number of hydrogen-bond donors (Lipinski definition) is 2. The molecule has 1 atom stereocenters. The second kappa shape index (κ2) is 4.94. The molecule has 0 aromatic heterocycles. The van der Waals surface area contributed by atoms with E-state index in [1.54, 1.807) is 0 Å². The molecule has 0 bridgehead atoms. The molecule has 1 fully saturated rings. The number of carbonyl (C=O) groups is 1. The van der Waals surface area contributed by atoms with E-state index in [2.05, 4.69) is 31.1 Å². The molecular formula is C11H23N3O. The van der Waals surface area contributed by atoms with Crippen LogP contribution in [0.4, 0.5) is 0 Å². The standard InChI is InChI=1S/C11H23N3O/c1-9(5-6-10(15)13-12)14-8-4-7-11(14,2)3/h9H,4-8,12H2,1-3H3,(H,13,15). The maximum Gasteiger partial charge on any atom is 0.233 e. The quantitative estimate of drug-likeness (QED) is 0.416. The number of nitrogens with one attached hydrogen (secondary N) is 1. The molecule has 0 radical (unpaired) electrons. The van der Waals surface area contributed by atoms with Crippen molar-refractivity contribution in [2.45, 2.75) is 58.0 Å².